The van der Waals surface area contributed by atoms with E-state index in [2.05, 4.69) is 66.0 Å². The number of rotatable bonds is 3. The molecule has 2 nitrogen and oxygen atoms in total. The van der Waals surface area contributed by atoms with Gasteiger partial charge in [0.25, 0.3) is 0 Å². The van der Waals surface area contributed by atoms with E-state index in [-0.39, 0.29) is 5.54 Å². The van der Waals surface area contributed by atoms with E-state index in [1.807, 2.05) is 11.8 Å². The van der Waals surface area contributed by atoms with Gasteiger partial charge < -0.3 is 5.32 Å². The van der Waals surface area contributed by atoms with Crippen LogP contribution in [0, 0.1) is 3.57 Å². The molecule has 2 rings (SSSR count). The van der Waals surface area contributed by atoms with Gasteiger partial charge in [-0.3, -0.25) is 4.99 Å². The lowest BCUT2D eigenvalue weighted by atomic mass is 9.97. The van der Waals surface area contributed by atoms with Gasteiger partial charge >= 0.3 is 0 Å². The van der Waals surface area contributed by atoms with Crippen LogP contribution in [0.5, 0.6) is 0 Å². The molecule has 0 aliphatic carbocycles. The third-order valence-electron chi connectivity index (χ3n) is 3.25. The minimum Gasteiger partial charge on any atom is -0.334 e. The van der Waals surface area contributed by atoms with Crippen molar-refractivity contribution in [1.82, 2.24) is 0 Å². The number of anilines is 1. The van der Waals surface area contributed by atoms with Gasteiger partial charge in [0.2, 0.25) is 0 Å². The van der Waals surface area contributed by atoms with Crippen molar-refractivity contribution in [2.45, 2.75) is 32.2 Å². The summed E-state index contributed by atoms with van der Waals surface area (Å²) in [5.41, 5.74) is 1.31. The fourth-order valence-electron chi connectivity index (χ4n) is 1.84. The molecule has 1 N–H and O–H groups in total. The van der Waals surface area contributed by atoms with E-state index in [4.69, 9.17) is 4.99 Å². The first-order chi connectivity index (χ1) is 8.19. The number of aliphatic imine (C=N–C) groups is 1. The molecule has 0 bridgehead atoms. The molecular weight excluding hydrogens is 343 g/mol. The van der Waals surface area contributed by atoms with Crippen molar-refractivity contribution in [2.75, 3.05) is 11.1 Å². The monoisotopic (exact) mass is 360 g/mol. The van der Waals surface area contributed by atoms with Gasteiger partial charge in [0.15, 0.2) is 5.17 Å². The van der Waals surface area contributed by atoms with Crippen molar-refractivity contribution in [1.29, 1.82) is 0 Å². The van der Waals surface area contributed by atoms with Crippen LogP contribution in [-0.2, 0) is 0 Å². The molecule has 0 unspecified atom stereocenters. The van der Waals surface area contributed by atoms with Crippen LogP contribution in [0.4, 0.5) is 5.69 Å². The Balaban J connectivity index is 2.14. The van der Waals surface area contributed by atoms with Crippen LogP contribution in [0.2, 0.25) is 0 Å². The van der Waals surface area contributed by atoms with Crippen molar-refractivity contribution in [2.24, 2.45) is 4.99 Å². The Morgan fingerprint density at radius 3 is 2.65 bits per heavy atom. The van der Waals surface area contributed by atoms with Crippen molar-refractivity contribution in [3.8, 4) is 0 Å². The molecule has 1 aromatic carbocycles. The summed E-state index contributed by atoms with van der Waals surface area (Å²) in [5.74, 6) is 1.10. The van der Waals surface area contributed by atoms with E-state index >= 15 is 0 Å². The molecule has 0 amide bonds. The van der Waals surface area contributed by atoms with E-state index in [1.54, 1.807) is 0 Å². The minimum absolute atomic E-state index is 0.160. The highest BCUT2D eigenvalue weighted by Gasteiger charge is 2.32. The van der Waals surface area contributed by atoms with Crippen LogP contribution in [-0.4, -0.2) is 16.5 Å². The summed E-state index contributed by atoms with van der Waals surface area (Å²) >= 11 is 4.19. The van der Waals surface area contributed by atoms with Gasteiger partial charge in [0.05, 0.1) is 11.2 Å². The van der Waals surface area contributed by atoms with E-state index in [0.29, 0.717) is 0 Å². The second kappa shape index (κ2) is 5.61. The Morgan fingerprint density at radius 1 is 1.35 bits per heavy atom. The molecule has 4 heteroatoms. The van der Waals surface area contributed by atoms with Crippen molar-refractivity contribution < 1.29 is 0 Å². The second-order valence-electron chi connectivity index (χ2n) is 4.24. The summed E-state index contributed by atoms with van der Waals surface area (Å²) in [7, 11) is 0. The Hall–Kier alpha value is -0.230. The molecule has 0 aromatic heterocycles. The molecule has 0 saturated heterocycles. The summed E-state index contributed by atoms with van der Waals surface area (Å²) in [4.78, 5) is 4.86. The van der Waals surface area contributed by atoms with Crippen molar-refractivity contribution >= 4 is 45.2 Å². The predicted molar refractivity (Wildman–Crippen MR) is 86.0 cm³/mol. The second-order valence-corrected chi connectivity index (χ2v) is 6.37. The number of hydrogen-bond acceptors (Lipinski definition) is 3. The molecule has 0 spiro atoms. The fourth-order valence-corrected chi connectivity index (χ4v) is 3.68. The number of benzene rings is 1. The lowest BCUT2D eigenvalue weighted by Gasteiger charge is -2.20. The largest absolute Gasteiger partial charge is 0.334 e. The summed E-state index contributed by atoms with van der Waals surface area (Å²) in [6.07, 6.45) is 2.24. The van der Waals surface area contributed by atoms with E-state index in [9.17, 15) is 0 Å². The van der Waals surface area contributed by atoms with Gasteiger partial charge in [-0.05, 0) is 47.6 Å². The number of halogens is 1. The molecule has 0 saturated carbocycles. The summed E-state index contributed by atoms with van der Waals surface area (Å²) in [5, 5.41) is 4.51. The third-order valence-corrected chi connectivity index (χ3v) is 5.34. The lowest BCUT2D eigenvalue weighted by Crippen LogP contribution is -2.24. The first-order valence-electron chi connectivity index (χ1n) is 5.93. The topological polar surface area (TPSA) is 24.4 Å². The van der Waals surface area contributed by atoms with Gasteiger partial charge in [0.1, 0.15) is 0 Å². The fraction of sp³-hybridized carbons (Fsp3) is 0.462. The van der Waals surface area contributed by atoms with E-state index < -0.39 is 0 Å². The van der Waals surface area contributed by atoms with Gasteiger partial charge in [0, 0.05) is 9.32 Å². The third kappa shape index (κ3) is 2.96. The zero-order chi connectivity index (χ0) is 12.3. The minimum atomic E-state index is 0.160. The standard InChI is InChI=1S/C13H17IN2S/c1-3-13(4-2)9-17-12(16-13)15-11-8-6-5-7-10(11)14/h5-8H,3-4,9H2,1-2H3,(H,15,16). The molecule has 1 aromatic rings. The normalized spacial score (nSPS) is 17.9. The number of hydrogen-bond donors (Lipinski definition) is 1. The zero-order valence-corrected chi connectivity index (χ0v) is 13.1. The van der Waals surface area contributed by atoms with Gasteiger partial charge in [-0.1, -0.05) is 37.7 Å². The molecule has 1 heterocycles. The van der Waals surface area contributed by atoms with Gasteiger partial charge in [-0.2, -0.15) is 0 Å². The highest BCUT2D eigenvalue weighted by Crippen LogP contribution is 2.34. The van der Waals surface area contributed by atoms with E-state index in [1.165, 1.54) is 3.57 Å². The SMILES string of the molecule is CCC1(CC)CSC(Nc2ccccc2I)=N1. The maximum atomic E-state index is 4.86. The maximum Gasteiger partial charge on any atom is 0.161 e. The van der Waals surface area contributed by atoms with Crippen molar-refractivity contribution in [3.63, 3.8) is 0 Å². The summed E-state index contributed by atoms with van der Waals surface area (Å²) < 4.78 is 1.24. The van der Waals surface area contributed by atoms with Crippen LogP contribution in [0.15, 0.2) is 29.3 Å². The van der Waals surface area contributed by atoms with E-state index in [0.717, 1.165) is 29.4 Å². The molecule has 0 atom stereocenters. The predicted octanol–water partition coefficient (Wildman–Crippen LogP) is 4.36. The van der Waals surface area contributed by atoms with Crippen LogP contribution in [0.1, 0.15) is 26.7 Å². The summed E-state index contributed by atoms with van der Waals surface area (Å²) in [6, 6.07) is 8.31. The Bertz CT molecular complexity index is 427. The number of amidine groups is 1. The summed E-state index contributed by atoms with van der Waals surface area (Å²) in [6.45, 7) is 4.45. The first kappa shape index (κ1) is 13.2. The quantitative estimate of drug-likeness (QED) is 0.810. The van der Waals surface area contributed by atoms with Gasteiger partial charge in [-0.25, -0.2) is 0 Å². The maximum absolute atomic E-state index is 4.86. The van der Waals surface area contributed by atoms with Crippen LogP contribution < -0.4 is 5.32 Å². The number of nitrogens with one attached hydrogen (secondary N) is 1. The number of thioether (sulfide) groups is 1. The van der Waals surface area contributed by atoms with Crippen molar-refractivity contribution in [3.05, 3.63) is 27.8 Å². The number of nitrogens with zero attached hydrogens (tertiary/aromatic N) is 1. The molecule has 0 fully saturated rings. The first-order valence-corrected chi connectivity index (χ1v) is 8.00. The zero-order valence-electron chi connectivity index (χ0n) is 10.2. The average Bonchev–Trinajstić information content (AvgIpc) is 2.76. The number of para-hydroxylation sites is 1. The smallest absolute Gasteiger partial charge is 0.161 e. The molecular formula is C13H17IN2S. The van der Waals surface area contributed by atoms with Crippen LogP contribution >= 0.6 is 34.4 Å². The Labute approximate surface area is 121 Å². The molecule has 17 heavy (non-hydrogen) atoms. The Morgan fingerprint density at radius 2 is 2.06 bits per heavy atom. The highest BCUT2D eigenvalue weighted by atomic mass is 127. The van der Waals surface area contributed by atoms with Gasteiger partial charge in [-0.15, -0.1) is 0 Å². The lowest BCUT2D eigenvalue weighted by molar-refractivity contribution is 0.456. The Kier molecular flexibility index (Phi) is 4.36. The van der Waals surface area contributed by atoms with Crippen LogP contribution in [0.25, 0.3) is 0 Å². The molecule has 92 valence electrons. The van der Waals surface area contributed by atoms with Crippen LogP contribution in [0.3, 0.4) is 0 Å². The highest BCUT2D eigenvalue weighted by molar-refractivity contribution is 14.1. The average molecular weight is 360 g/mol. The molecule has 0 radical (unpaired) electrons. The molecule has 1 aliphatic heterocycles. The molecule has 1 aliphatic rings.